The highest BCUT2D eigenvalue weighted by Crippen LogP contribution is 2.18. The normalized spacial score (nSPS) is 14.8. The van der Waals surface area contributed by atoms with E-state index >= 15 is 0 Å². The van der Waals surface area contributed by atoms with Crippen molar-refractivity contribution in [2.45, 2.75) is 26.9 Å². The Morgan fingerprint density at radius 1 is 1.60 bits per heavy atom. The van der Waals surface area contributed by atoms with E-state index in [-0.39, 0.29) is 6.54 Å². The van der Waals surface area contributed by atoms with Crippen molar-refractivity contribution < 1.29 is 10.0 Å². The molecule has 4 heteroatoms. The van der Waals surface area contributed by atoms with E-state index in [1.807, 2.05) is 0 Å². The highest BCUT2D eigenvalue weighted by Gasteiger charge is 2.26. The molecule has 0 saturated carbocycles. The second kappa shape index (κ2) is 2.96. The molecule has 4 nitrogen and oxygen atoms in total. The van der Waals surface area contributed by atoms with Gasteiger partial charge in [-0.2, -0.15) is 0 Å². The Labute approximate surface area is 60.0 Å². The summed E-state index contributed by atoms with van der Waals surface area (Å²) in [6.07, 6.45) is -0.859. The first-order valence-electron chi connectivity index (χ1n) is 3.14. The number of hydrogen-bond donors (Lipinski definition) is 1. The van der Waals surface area contributed by atoms with Gasteiger partial charge < -0.3 is 5.11 Å². The van der Waals surface area contributed by atoms with Gasteiger partial charge in [0, 0.05) is 4.92 Å². The average molecular weight is 147 g/mol. The molecule has 0 aliphatic rings. The standard InChI is InChI=1S/C6H13NO3/c1-6(2,3)5(8)4-7(9)10/h5,8H,4H2,1-3H3/t5-/m1/s1. The van der Waals surface area contributed by atoms with Crippen LogP contribution in [0.1, 0.15) is 20.8 Å². The van der Waals surface area contributed by atoms with Gasteiger partial charge in [-0.25, -0.2) is 0 Å². The fraction of sp³-hybridized carbons (Fsp3) is 1.00. The van der Waals surface area contributed by atoms with Crippen LogP contribution in [-0.2, 0) is 0 Å². The molecule has 0 spiro atoms. The van der Waals surface area contributed by atoms with Crippen LogP contribution in [-0.4, -0.2) is 22.7 Å². The van der Waals surface area contributed by atoms with Crippen LogP contribution in [0.4, 0.5) is 0 Å². The van der Waals surface area contributed by atoms with E-state index in [1.54, 1.807) is 20.8 Å². The van der Waals surface area contributed by atoms with Gasteiger partial charge in [0.1, 0.15) is 6.10 Å². The maximum absolute atomic E-state index is 9.90. The highest BCUT2D eigenvalue weighted by atomic mass is 16.6. The molecule has 0 aliphatic carbocycles. The van der Waals surface area contributed by atoms with Crippen LogP contribution in [0.15, 0.2) is 0 Å². The number of aliphatic hydroxyl groups is 1. The number of rotatable bonds is 2. The monoisotopic (exact) mass is 147 g/mol. The molecule has 0 amide bonds. The number of nitro groups is 1. The van der Waals surface area contributed by atoms with E-state index in [2.05, 4.69) is 0 Å². The lowest BCUT2D eigenvalue weighted by molar-refractivity contribution is -0.493. The molecule has 0 radical (unpaired) electrons. The predicted octanol–water partition coefficient (Wildman–Crippen LogP) is 0.670. The van der Waals surface area contributed by atoms with Crippen LogP contribution >= 0.6 is 0 Å². The lowest BCUT2D eigenvalue weighted by Gasteiger charge is -2.21. The van der Waals surface area contributed by atoms with Gasteiger partial charge in [-0.3, -0.25) is 10.1 Å². The third-order valence-electron chi connectivity index (χ3n) is 1.32. The van der Waals surface area contributed by atoms with Crippen molar-refractivity contribution in [2.24, 2.45) is 5.41 Å². The molecule has 1 atom stereocenters. The van der Waals surface area contributed by atoms with E-state index < -0.39 is 16.4 Å². The largest absolute Gasteiger partial charge is 0.386 e. The summed E-state index contributed by atoms with van der Waals surface area (Å²) in [6, 6.07) is 0. The van der Waals surface area contributed by atoms with Gasteiger partial charge in [0.05, 0.1) is 0 Å². The first-order chi connectivity index (χ1) is 4.34. The zero-order chi connectivity index (χ0) is 8.36. The first kappa shape index (κ1) is 9.36. The Balaban J connectivity index is 3.85. The second-order valence-corrected chi connectivity index (χ2v) is 3.40. The predicted molar refractivity (Wildman–Crippen MR) is 37.3 cm³/mol. The molecule has 0 aromatic carbocycles. The van der Waals surface area contributed by atoms with Crippen molar-refractivity contribution in [3.05, 3.63) is 10.1 Å². The quantitative estimate of drug-likeness (QED) is 0.461. The van der Waals surface area contributed by atoms with Crippen LogP contribution in [0.5, 0.6) is 0 Å². The van der Waals surface area contributed by atoms with Crippen LogP contribution in [0, 0.1) is 15.5 Å². The Morgan fingerprint density at radius 3 is 2.10 bits per heavy atom. The van der Waals surface area contributed by atoms with Gasteiger partial charge in [0.15, 0.2) is 0 Å². The Morgan fingerprint density at radius 2 is 2.00 bits per heavy atom. The fourth-order valence-electron chi connectivity index (χ4n) is 0.415. The average Bonchev–Trinajstić information content (AvgIpc) is 1.60. The number of nitrogens with zero attached hydrogens (tertiary/aromatic N) is 1. The van der Waals surface area contributed by atoms with E-state index in [4.69, 9.17) is 5.11 Å². The topological polar surface area (TPSA) is 63.4 Å². The molecular weight excluding hydrogens is 134 g/mol. The molecule has 1 N–H and O–H groups in total. The molecule has 0 aromatic heterocycles. The molecule has 0 fully saturated rings. The van der Waals surface area contributed by atoms with Gasteiger partial charge >= 0.3 is 0 Å². The summed E-state index contributed by atoms with van der Waals surface area (Å²) in [4.78, 5) is 9.40. The number of hydrogen-bond acceptors (Lipinski definition) is 3. The third kappa shape index (κ3) is 3.40. The SMILES string of the molecule is CC(C)(C)[C@H](O)C[N+](=O)[O-]. The van der Waals surface area contributed by atoms with Crippen molar-refractivity contribution in [1.29, 1.82) is 0 Å². The maximum atomic E-state index is 9.90. The molecule has 0 bridgehead atoms. The lowest BCUT2D eigenvalue weighted by Crippen LogP contribution is -2.32. The Hall–Kier alpha value is -0.640. The summed E-state index contributed by atoms with van der Waals surface area (Å²) in [5.74, 6) is 0. The van der Waals surface area contributed by atoms with Crippen LogP contribution in [0.25, 0.3) is 0 Å². The van der Waals surface area contributed by atoms with Crippen molar-refractivity contribution in [1.82, 2.24) is 0 Å². The first-order valence-corrected chi connectivity index (χ1v) is 3.14. The van der Waals surface area contributed by atoms with Crippen LogP contribution in [0.3, 0.4) is 0 Å². The molecule has 0 aliphatic heterocycles. The third-order valence-corrected chi connectivity index (χ3v) is 1.32. The Bertz CT molecular complexity index is 127. The molecule has 60 valence electrons. The van der Waals surface area contributed by atoms with Crippen LogP contribution in [0.2, 0.25) is 0 Å². The molecule has 0 unspecified atom stereocenters. The van der Waals surface area contributed by atoms with Crippen molar-refractivity contribution in [3.63, 3.8) is 0 Å². The van der Waals surface area contributed by atoms with Gasteiger partial charge in [-0.1, -0.05) is 20.8 Å². The molecule has 0 aromatic rings. The fourth-order valence-corrected chi connectivity index (χ4v) is 0.415. The van der Waals surface area contributed by atoms with E-state index in [0.29, 0.717) is 0 Å². The molecular formula is C6H13NO3. The minimum absolute atomic E-state index is 0.372. The van der Waals surface area contributed by atoms with E-state index in [9.17, 15) is 10.1 Å². The zero-order valence-electron chi connectivity index (χ0n) is 6.50. The summed E-state index contributed by atoms with van der Waals surface area (Å²) in [7, 11) is 0. The molecule has 0 heterocycles. The van der Waals surface area contributed by atoms with Gasteiger partial charge in [-0.05, 0) is 5.41 Å². The summed E-state index contributed by atoms with van der Waals surface area (Å²) >= 11 is 0. The summed E-state index contributed by atoms with van der Waals surface area (Å²) in [5, 5.41) is 19.0. The smallest absolute Gasteiger partial charge is 0.229 e. The highest BCUT2D eigenvalue weighted by molar-refractivity contribution is 4.71. The summed E-state index contributed by atoms with van der Waals surface area (Å²) in [5.41, 5.74) is -0.396. The van der Waals surface area contributed by atoms with Crippen molar-refractivity contribution in [3.8, 4) is 0 Å². The van der Waals surface area contributed by atoms with Crippen molar-refractivity contribution in [2.75, 3.05) is 6.54 Å². The maximum Gasteiger partial charge on any atom is 0.229 e. The Kier molecular flexibility index (Phi) is 2.77. The van der Waals surface area contributed by atoms with Gasteiger partial charge in [0.2, 0.25) is 6.54 Å². The van der Waals surface area contributed by atoms with Gasteiger partial charge in [-0.15, -0.1) is 0 Å². The second-order valence-electron chi connectivity index (χ2n) is 3.40. The van der Waals surface area contributed by atoms with Gasteiger partial charge in [0.25, 0.3) is 0 Å². The summed E-state index contributed by atoms with van der Waals surface area (Å²) in [6.45, 7) is 4.92. The van der Waals surface area contributed by atoms with Crippen molar-refractivity contribution >= 4 is 0 Å². The minimum atomic E-state index is -0.859. The minimum Gasteiger partial charge on any atom is -0.386 e. The van der Waals surface area contributed by atoms with Crippen LogP contribution < -0.4 is 0 Å². The molecule has 0 saturated heterocycles. The lowest BCUT2D eigenvalue weighted by atomic mass is 9.89. The van der Waals surface area contributed by atoms with E-state index in [1.165, 1.54) is 0 Å². The zero-order valence-corrected chi connectivity index (χ0v) is 6.50. The number of aliphatic hydroxyl groups excluding tert-OH is 1. The molecule has 0 rings (SSSR count). The van der Waals surface area contributed by atoms with E-state index in [0.717, 1.165) is 0 Å². The molecule has 10 heavy (non-hydrogen) atoms. The summed E-state index contributed by atoms with van der Waals surface area (Å²) < 4.78 is 0.